The highest BCUT2D eigenvalue weighted by atomic mass is 16.6. The fourth-order valence-corrected chi connectivity index (χ4v) is 4.18. The number of non-ortho nitro benzene ring substituents is 1. The highest BCUT2D eigenvalue weighted by Crippen LogP contribution is 2.33. The van der Waals surface area contributed by atoms with Crippen molar-refractivity contribution in [1.29, 1.82) is 0 Å². The number of carboxylic acids is 1. The molecule has 0 aromatic heterocycles. The maximum atomic E-state index is 13.3. The van der Waals surface area contributed by atoms with Crippen molar-refractivity contribution in [3.8, 4) is 11.5 Å². The van der Waals surface area contributed by atoms with Crippen LogP contribution in [0.3, 0.4) is 0 Å². The predicted molar refractivity (Wildman–Crippen MR) is 143 cm³/mol. The number of amides is 3. The number of nitrogens with one attached hydrogen (secondary N) is 1. The Labute approximate surface area is 226 Å². The normalized spacial score (nSPS) is 12.2. The van der Waals surface area contributed by atoms with Crippen LogP contribution in [0.5, 0.6) is 11.5 Å². The molecule has 198 valence electrons. The van der Waals surface area contributed by atoms with Crippen LogP contribution in [0.2, 0.25) is 0 Å². The number of imide groups is 1. The fraction of sp³-hybridized carbons (Fsp3) is 0.0345. The van der Waals surface area contributed by atoms with Crippen LogP contribution >= 0.6 is 0 Å². The summed E-state index contributed by atoms with van der Waals surface area (Å²) in [4.78, 5) is 62.1. The van der Waals surface area contributed by atoms with Gasteiger partial charge in [-0.05, 0) is 67.1 Å². The van der Waals surface area contributed by atoms with E-state index in [9.17, 15) is 34.4 Å². The summed E-state index contributed by atoms with van der Waals surface area (Å²) in [5.74, 6) is -2.53. The lowest BCUT2D eigenvalue weighted by Crippen LogP contribution is -2.29. The van der Waals surface area contributed by atoms with E-state index in [1.165, 1.54) is 78.9 Å². The minimum absolute atomic E-state index is 0.00881. The summed E-state index contributed by atoms with van der Waals surface area (Å²) in [7, 11) is 0. The third-order valence-electron chi connectivity index (χ3n) is 6.22. The Morgan fingerprint density at radius 2 is 1.57 bits per heavy atom. The molecule has 5 rings (SSSR count). The molecule has 4 aromatic carbocycles. The topological polar surface area (TPSA) is 156 Å². The summed E-state index contributed by atoms with van der Waals surface area (Å²) in [6.07, 6.45) is 0. The molecule has 1 aliphatic heterocycles. The molecule has 0 fully saturated rings. The number of carbonyl (C=O) groups excluding carboxylic acids is 3. The van der Waals surface area contributed by atoms with Gasteiger partial charge in [-0.2, -0.15) is 0 Å². The number of aromatic carboxylic acids is 1. The molecule has 0 bridgehead atoms. The lowest BCUT2D eigenvalue weighted by atomic mass is 10.1. The number of anilines is 2. The SMILES string of the molecule is Cc1ccc(C(=O)O)cc1NC(=O)c1cccc(N2C(=O)c3ccc(Oc4cccc([N+](=O)[O-])c4)cc3C2=O)c1. The first-order valence-corrected chi connectivity index (χ1v) is 11.8. The molecule has 0 atom stereocenters. The standard InChI is InChI=1S/C29H19N3O8/c1-16-8-9-18(29(36)37)13-25(16)30-26(33)17-4-2-5-19(12-17)31-27(34)23-11-10-22(15-24(23)28(31)35)40-21-7-3-6-20(14-21)32(38)39/h2-15H,1H3,(H,30,33)(H,36,37). The lowest BCUT2D eigenvalue weighted by Gasteiger charge is -2.15. The number of hydrogen-bond donors (Lipinski definition) is 2. The predicted octanol–water partition coefficient (Wildman–Crippen LogP) is 5.45. The maximum absolute atomic E-state index is 13.3. The van der Waals surface area contributed by atoms with Crippen molar-refractivity contribution in [3.63, 3.8) is 0 Å². The van der Waals surface area contributed by atoms with Crippen molar-refractivity contribution in [2.45, 2.75) is 6.92 Å². The highest BCUT2D eigenvalue weighted by molar-refractivity contribution is 6.34. The Balaban J connectivity index is 1.38. The number of ether oxygens (including phenoxy) is 1. The zero-order valence-corrected chi connectivity index (χ0v) is 20.8. The van der Waals surface area contributed by atoms with Crippen LogP contribution in [0.25, 0.3) is 0 Å². The van der Waals surface area contributed by atoms with E-state index in [4.69, 9.17) is 4.74 Å². The molecule has 2 N–H and O–H groups in total. The molecular formula is C29H19N3O8. The smallest absolute Gasteiger partial charge is 0.335 e. The summed E-state index contributed by atoms with van der Waals surface area (Å²) < 4.78 is 5.68. The minimum Gasteiger partial charge on any atom is -0.478 e. The van der Waals surface area contributed by atoms with Crippen LogP contribution in [0, 0.1) is 17.0 Å². The van der Waals surface area contributed by atoms with Crippen molar-refractivity contribution >= 4 is 40.8 Å². The second-order valence-corrected chi connectivity index (χ2v) is 8.85. The Morgan fingerprint density at radius 3 is 2.33 bits per heavy atom. The third-order valence-corrected chi connectivity index (χ3v) is 6.22. The second kappa shape index (κ2) is 10.1. The Kier molecular flexibility index (Phi) is 6.54. The van der Waals surface area contributed by atoms with Crippen molar-refractivity contribution in [2.75, 3.05) is 10.2 Å². The number of nitro benzene ring substituents is 1. The van der Waals surface area contributed by atoms with Crippen molar-refractivity contribution < 1.29 is 33.9 Å². The molecule has 0 unspecified atom stereocenters. The molecule has 1 aliphatic rings. The first-order valence-electron chi connectivity index (χ1n) is 11.8. The molecule has 4 aromatic rings. The molecule has 40 heavy (non-hydrogen) atoms. The van der Waals surface area contributed by atoms with Gasteiger partial charge in [0.1, 0.15) is 11.5 Å². The van der Waals surface area contributed by atoms with E-state index < -0.39 is 28.6 Å². The van der Waals surface area contributed by atoms with Crippen LogP contribution in [0.4, 0.5) is 17.1 Å². The van der Waals surface area contributed by atoms with E-state index in [0.717, 1.165) is 4.90 Å². The number of nitro groups is 1. The average molecular weight is 537 g/mol. The number of fused-ring (bicyclic) bond motifs is 1. The van der Waals surface area contributed by atoms with Gasteiger partial charge in [0.25, 0.3) is 23.4 Å². The van der Waals surface area contributed by atoms with Crippen molar-refractivity contribution in [3.05, 3.63) is 123 Å². The van der Waals surface area contributed by atoms with E-state index >= 15 is 0 Å². The number of carboxylic acid groups (broad SMARTS) is 1. The quantitative estimate of drug-likeness (QED) is 0.179. The summed E-state index contributed by atoms with van der Waals surface area (Å²) in [5, 5.41) is 22.9. The van der Waals surface area contributed by atoms with E-state index in [-0.39, 0.29) is 45.1 Å². The van der Waals surface area contributed by atoms with E-state index in [0.29, 0.717) is 11.3 Å². The van der Waals surface area contributed by atoms with Gasteiger partial charge in [-0.25, -0.2) is 9.69 Å². The highest BCUT2D eigenvalue weighted by Gasteiger charge is 2.37. The number of aryl methyl sites for hydroxylation is 1. The van der Waals surface area contributed by atoms with Gasteiger partial charge in [0.15, 0.2) is 0 Å². The van der Waals surface area contributed by atoms with E-state index in [2.05, 4.69) is 5.32 Å². The first-order chi connectivity index (χ1) is 19.1. The first kappa shape index (κ1) is 25.8. The molecule has 1 heterocycles. The summed E-state index contributed by atoms with van der Waals surface area (Å²) in [6.45, 7) is 1.72. The Hall–Kier alpha value is -5.84. The number of carbonyl (C=O) groups is 4. The van der Waals surface area contributed by atoms with E-state index in [1.807, 2.05) is 0 Å². The number of hydrogen-bond acceptors (Lipinski definition) is 7. The van der Waals surface area contributed by atoms with Crippen LogP contribution in [0.15, 0.2) is 84.9 Å². The molecule has 0 saturated carbocycles. The number of nitrogens with zero attached hydrogens (tertiary/aromatic N) is 2. The van der Waals surface area contributed by atoms with Gasteiger partial charge < -0.3 is 15.2 Å². The van der Waals surface area contributed by atoms with Crippen molar-refractivity contribution in [1.82, 2.24) is 0 Å². The summed E-state index contributed by atoms with van der Waals surface area (Å²) >= 11 is 0. The number of rotatable bonds is 7. The van der Waals surface area contributed by atoms with Crippen molar-refractivity contribution in [2.24, 2.45) is 0 Å². The van der Waals surface area contributed by atoms with Crippen LogP contribution in [-0.4, -0.2) is 33.7 Å². The van der Waals surface area contributed by atoms with Crippen LogP contribution in [-0.2, 0) is 0 Å². The molecule has 3 amide bonds. The number of benzene rings is 4. The van der Waals surface area contributed by atoms with Crippen LogP contribution < -0.4 is 15.0 Å². The van der Waals surface area contributed by atoms with E-state index in [1.54, 1.807) is 13.0 Å². The molecule has 0 radical (unpaired) electrons. The van der Waals surface area contributed by atoms with Gasteiger partial charge in [-0.1, -0.05) is 18.2 Å². The molecule has 0 aliphatic carbocycles. The monoisotopic (exact) mass is 537 g/mol. The van der Waals surface area contributed by atoms with Gasteiger partial charge in [-0.3, -0.25) is 24.5 Å². The summed E-state index contributed by atoms with van der Waals surface area (Å²) in [5.41, 5.74) is 1.32. The maximum Gasteiger partial charge on any atom is 0.335 e. The molecule has 0 spiro atoms. The van der Waals surface area contributed by atoms with Gasteiger partial charge in [-0.15, -0.1) is 0 Å². The lowest BCUT2D eigenvalue weighted by molar-refractivity contribution is -0.384. The fourth-order valence-electron chi connectivity index (χ4n) is 4.18. The zero-order valence-electron chi connectivity index (χ0n) is 20.8. The van der Waals surface area contributed by atoms with Gasteiger partial charge in [0.05, 0.1) is 33.4 Å². The molecule has 11 heteroatoms. The molecular weight excluding hydrogens is 518 g/mol. The largest absolute Gasteiger partial charge is 0.478 e. The average Bonchev–Trinajstić information content (AvgIpc) is 3.18. The Morgan fingerprint density at radius 1 is 0.850 bits per heavy atom. The van der Waals surface area contributed by atoms with Gasteiger partial charge in [0, 0.05) is 17.3 Å². The second-order valence-electron chi connectivity index (χ2n) is 8.85. The van der Waals surface area contributed by atoms with Crippen LogP contribution in [0.1, 0.15) is 47.0 Å². The minimum atomic E-state index is -1.14. The third kappa shape index (κ3) is 4.86. The van der Waals surface area contributed by atoms with Gasteiger partial charge >= 0.3 is 5.97 Å². The summed E-state index contributed by atoms with van der Waals surface area (Å²) in [6, 6.07) is 20.1. The Bertz CT molecular complexity index is 1750. The molecule has 11 nitrogen and oxygen atoms in total. The van der Waals surface area contributed by atoms with Gasteiger partial charge in [0.2, 0.25) is 0 Å². The zero-order chi connectivity index (χ0) is 28.6. The molecule has 0 saturated heterocycles.